The number of anilines is 1. The summed E-state index contributed by atoms with van der Waals surface area (Å²) >= 11 is 0. The van der Waals surface area contributed by atoms with Crippen molar-refractivity contribution in [3.05, 3.63) is 65.5 Å². The second-order valence-electron chi connectivity index (χ2n) is 6.82. The van der Waals surface area contributed by atoms with Gasteiger partial charge in [0, 0.05) is 37.3 Å². The maximum atomic E-state index is 13.8. The third kappa shape index (κ3) is 5.05. The Kier molecular flexibility index (Phi) is 6.38. The van der Waals surface area contributed by atoms with Gasteiger partial charge in [0.1, 0.15) is 5.82 Å². The second-order valence-corrected chi connectivity index (χ2v) is 6.82. The first-order valence-electron chi connectivity index (χ1n) is 9.18. The summed E-state index contributed by atoms with van der Waals surface area (Å²) in [6.45, 7) is 0.727. The summed E-state index contributed by atoms with van der Waals surface area (Å²) in [4.78, 5) is 25.1. The van der Waals surface area contributed by atoms with Crippen molar-refractivity contribution < 1.29 is 22.8 Å². The molecule has 0 aromatic heterocycles. The normalized spacial score (nSPS) is 14.8. The molecule has 1 unspecified atom stereocenters. The molecule has 6 nitrogen and oxygen atoms in total. The number of rotatable bonds is 5. The van der Waals surface area contributed by atoms with Gasteiger partial charge in [0.15, 0.2) is 11.6 Å². The van der Waals surface area contributed by atoms with Gasteiger partial charge >= 0.3 is 6.03 Å². The number of benzene rings is 2. The molecule has 1 saturated heterocycles. The van der Waals surface area contributed by atoms with E-state index in [2.05, 4.69) is 5.32 Å². The summed E-state index contributed by atoms with van der Waals surface area (Å²) in [5.41, 5.74) is 6.42. The number of carbonyl (C=O) groups excluding carboxylic acids is 2. The fourth-order valence-electron chi connectivity index (χ4n) is 3.20. The van der Waals surface area contributed by atoms with Crippen LogP contribution in [0.1, 0.15) is 18.4 Å². The van der Waals surface area contributed by atoms with E-state index in [0.29, 0.717) is 31.3 Å². The standard InChI is InChI=1S/C20H21F3N4O2/c21-16-12-18(23)17(22)10-13(16)9-14(24)11-19(28)26-7-4-8-27(26)20(29)25-15-5-2-1-3-6-15/h1-3,5-6,10,12,14H,4,7-9,11,24H2,(H,25,29). The number of nitrogens with two attached hydrogens (primary N) is 1. The van der Waals surface area contributed by atoms with E-state index in [1.165, 1.54) is 10.0 Å². The van der Waals surface area contributed by atoms with Crippen LogP contribution in [0.3, 0.4) is 0 Å². The number of hydrogen-bond acceptors (Lipinski definition) is 3. The molecule has 2 aromatic rings. The second kappa shape index (κ2) is 8.95. The molecule has 29 heavy (non-hydrogen) atoms. The number of amides is 3. The van der Waals surface area contributed by atoms with E-state index < -0.39 is 35.4 Å². The molecule has 154 valence electrons. The molecule has 1 aliphatic heterocycles. The maximum Gasteiger partial charge on any atom is 0.340 e. The van der Waals surface area contributed by atoms with Gasteiger partial charge in [-0.15, -0.1) is 0 Å². The van der Waals surface area contributed by atoms with Gasteiger partial charge in [0.2, 0.25) is 5.91 Å². The van der Waals surface area contributed by atoms with Crippen LogP contribution in [-0.2, 0) is 11.2 Å². The zero-order valence-corrected chi connectivity index (χ0v) is 15.6. The van der Waals surface area contributed by atoms with Gasteiger partial charge in [-0.05, 0) is 36.6 Å². The van der Waals surface area contributed by atoms with Crippen molar-refractivity contribution in [3.63, 3.8) is 0 Å². The third-order valence-electron chi connectivity index (χ3n) is 4.59. The molecule has 3 rings (SSSR count). The lowest BCUT2D eigenvalue weighted by atomic mass is 10.0. The van der Waals surface area contributed by atoms with Crippen molar-refractivity contribution in [1.29, 1.82) is 0 Å². The van der Waals surface area contributed by atoms with Gasteiger partial charge in [0.05, 0.1) is 0 Å². The van der Waals surface area contributed by atoms with Crippen LogP contribution in [0.5, 0.6) is 0 Å². The Balaban J connectivity index is 1.60. The van der Waals surface area contributed by atoms with Gasteiger partial charge in [-0.1, -0.05) is 18.2 Å². The van der Waals surface area contributed by atoms with Gasteiger partial charge < -0.3 is 11.1 Å². The van der Waals surface area contributed by atoms with Crippen LogP contribution in [0.25, 0.3) is 0 Å². The Labute approximate surface area is 166 Å². The molecule has 9 heteroatoms. The average Bonchev–Trinajstić information content (AvgIpc) is 3.17. The number of nitrogens with zero attached hydrogens (tertiary/aromatic N) is 2. The van der Waals surface area contributed by atoms with Crippen molar-refractivity contribution >= 4 is 17.6 Å². The number of carbonyl (C=O) groups is 2. The minimum Gasteiger partial charge on any atom is -0.327 e. The molecule has 3 amide bonds. The predicted molar refractivity (Wildman–Crippen MR) is 101 cm³/mol. The minimum absolute atomic E-state index is 0.107. The lowest BCUT2D eigenvalue weighted by Gasteiger charge is -2.29. The van der Waals surface area contributed by atoms with Crippen LogP contribution < -0.4 is 11.1 Å². The van der Waals surface area contributed by atoms with Crippen molar-refractivity contribution in [3.8, 4) is 0 Å². The highest BCUT2D eigenvalue weighted by atomic mass is 19.2. The Morgan fingerprint density at radius 3 is 2.38 bits per heavy atom. The topological polar surface area (TPSA) is 78.7 Å². The van der Waals surface area contributed by atoms with E-state index in [9.17, 15) is 22.8 Å². The van der Waals surface area contributed by atoms with Crippen LogP contribution >= 0.6 is 0 Å². The number of nitrogens with one attached hydrogen (secondary N) is 1. The van der Waals surface area contributed by atoms with Crippen molar-refractivity contribution in [2.45, 2.75) is 25.3 Å². The van der Waals surface area contributed by atoms with Crippen molar-refractivity contribution in [2.75, 3.05) is 18.4 Å². The van der Waals surface area contributed by atoms with E-state index in [4.69, 9.17) is 5.73 Å². The highest BCUT2D eigenvalue weighted by Gasteiger charge is 2.31. The lowest BCUT2D eigenvalue weighted by Crippen LogP contribution is -2.48. The summed E-state index contributed by atoms with van der Waals surface area (Å²) in [5.74, 6) is -3.78. The smallest absolute Gasteiger partial charge is 0.327 e. The van der Waals surface area contributed by atoms with Crippen LogP contribution in [0.15, 0.2) is 42.5 Å². The first kappa shape index (κ1) is 20.7. The van der Waals surface area contributed by atoms with Crippen LogP contribution in [-0.4, -0.2) is 41.1 Å². The number of hydrogen-bond donors (Lipinski definition) is 2. The molecule has 0 aliphatic carbocycles. The summed E-state index contributed by atoms with van der Waals surface area (Å²) < 4.78 is 40.1. The predicted octanol–water partition coefficient (Wildman–Crippen LogP) is 3.05. The molecule has 0 spiro atoms. The molecule has 1 atom stereocenters. The molecule has 3 N–H and O–H groups in total. The average molecular weight is 406 g/mol. The molecular weight excluding hydrogens is 385 g/mol. The molecule has 0 saturated carbocycles. The zero-order chi connectivity index (χ0) is 21.0. The third-order valence-corrected chi connectivity index (χ3v) is 4.59. The summed E-state index contributed by atoms with van der Waals surface area (Å²) in [6, 6.07) is 8.76. The van der Waals surface area contributed by atoms with Gasteiger partial charge in [-0.2, -0.15) is 0 Å². The maximum absolute atomic E-state index is 13.8. The molecule has 2 aromatic carbocycles. The number of urea groups is 1. The quantitative estimate of drug-likeness (QED) is 0.750. The largest absolute Gasteiger partial charge is 0.340 e. The first-order valence-corrected chi connectivity index (χ1v) is 9.18. The number of halogens is 3. The Morgan fingerprint density at radius 1 is 1.00 bits per heavy atom. The Hall–Kier alpha value is -3.07. The van der Waals surface area contributed by atoms with Crippen LogP contribution in [0.4, 0.5) is 23.7 Å². The van der Waals surface area contributed by atoms with E-state index in [1.807, 2.05) is 6.07 Å². The zero-order valence-electron chi connectivity index (χ0n) is 15.6. The molecular formula is C20H21F3N4O2. The van der Waals surface area contributed by atoms with E-state index in [-0.39, 0.29) is 18.4 Å². The summed E-state index contributed by atoms with van der Waals surface area (Å²) in [5, 5.41) is 5.33. The minimum atomic E-state index is -1.28. The molecule has 1 aliphatic rings. The molecule has 0 radical (unpaired) electrons. The van der Waals surface area contributed by atoms with Gasteiger partial charge in [-0.3, -0.25) is 4.79 Å². The Morgan fingerprint density at radius 2 is 1.66 bits per heavy atom. The summed E-state index contributed by atoms with van der Waals surface area (Å²) in [6.07, 6.45) is 0.299. The summed E-state index contributed by atoms with van der Waals surface area (Å²) in [7, 11) is 0. The highest BCUT2D eigenvalue weighted by molar-refractivity contribution is 5.91. The molecule has 0 bridgehead atoms. The fraction of sp³-hybridized carbons (Fsp3) is 0.300. The lowest BCUT2D eigenvalue weighted by molar-refractivity contribution is -0.140. The number of hydrazine groups is 1. The van der Waals surface area contributed by atoms with Gasteiger partial charge in [-0.25, -0.2) is 28.0 Å². The van der Waals surface area contributed by atoms with Crippen LogP contribution in [0, 0.1) is 17.5 Å². The van der Waals surface area contributed by atoms with Crippen LogP contribution in [0.2, 0.25) is 0 Å². The van der Waals surface area contributed by atoms with Crippen molar-refractivity contribution in [1.82, 2.24) is 10.0 Å². The van der Waals surface area contributed by atoms with E-state index >= 15 is 0 Å². The monoisotopic (exact) mass is 406 g/mol. The number of para-hydroxylation sites is 1. The first-order chi connectivity index (χ1) is 13.8. The van der Waals surface area contributed by atoms with Crippen molar-refractivity contribution in [2.24, 2.45) is 5.73 Å². The molecule has 1 fully saturated rings. The molecule has 1 heterocycles. The fourth-order valence-corrected chi connectivity index (χ4v) is 3.20. The Bertz CT molecular complexity index is 895. The highest BCUT2D eigenvalue weighted by Crippen LogP contribution is 2.18. The van der Waals surface area contributed by atoms with E-state index in [0.717, 1.165) is 6.07 Å². The van der Waals surface area contributed by atoms with Gasteiger partial charge in [0.25, 0.3) is 0 Å². The SMILES string of the molecule is NC(CC(=O)N1CCCN1C(=O)Nc1ccccc1)Cc1cc(F)c(F)cc1F. The van der Waals surface area contributed by atoms with E-state index in [1.54, 1.807) is 24.3 Å².